The van der Waals surface area contributed by atoms with Crippen LogP contribution in [0.3, 0.4) is 0 Å². The van der Waals surface area contributed by atoms with Crippen molar-refractivity contribution in [2.24, 2.45) is 0 Å². The molecule has 0 saturated carbocycles. The van der Waals surface area contributed by atoms with Gasteiger partial charge in [-0.05, 0) is 116 Å². The normalized spacial score (nSPS) is 15.3. The summed E-state index contributed by atoms with van der Waals surface area (Å²) in [5.41, 5.74) is 20.5. The Morgan fingerprint density at radius 2 is 0.923 bits per heavy atom. The molecule has 0 aliphatic heterocycles. The van der Waals surface area contributed by atoms with Crippen LogP contribution in [0, 0.1) is 0 Å². The van der Waals surface area contributed by atoms with Crippen molar-refractivity contribution in [1.29, 1.82) is 0 Å². The number of nitrogens with zero attached hydrogens (tertiary/aromatic N) is 1. The third kappa shape index (κ3) is 5.35. The molecular formula is C63H43NO. The molecule has 2 nitrogen and oxygen atoms in total. The first kappa shape index (κ1) is 37.4. The molecule has 0 N–H and O–H groups in total. The standard InChI is InChI=1S/C63H43NO/c1-62(43-21-5-2-6-22-43)53-32-14-12-29-51(53)61-55(62)34-19-35-57(61)64(46-27-17-20-42(40-46)48-31-18-37-59-60(48)52-30-13-16-36-58(52)65-59)47-38-39-50-49-28-11-15-33-54(49)63(56(50)41-47,44-23-7-3-8-24-44)45-25-9-4-10-26-45/h2-41H,1H3. The van der Waals surface area contributed by atoms with E-state index < -0.39 is 5.41 Å². The van der Waals surface area contributed by atoms with Gasteiger partial charge in [-0.15, -0.1) is 0 Å². The summed E-state index contributed by atoms with van der Waals surface area (Å²) in [6, 6.07) is 89.3. The number of furan rings is 1. The van der Waals surface area contributed by atoms with E-state index in [0.29, 0.717) is 0 Å². The smallest absolute Gasteiger partial charge is 0.136 e. The summed E-state index contributed by atoms with van der Waals surface area (Å²) in [5.74, 6) is 0. The van der Waals surface area contributed by atoms with Gasteiger partial charge in [0, 0.05) is 33.1 Å². The van der Waals surface area contributed by atoms with Crippen molar-refractivity contribution in [2.45, 2.75) is 17.8 Å². The Labute approximate surface area is 379 Å². The van der Waals surface area contributed by atoms with Gasteiger partial charge in [0.15, 0.2) is 0 Å². The van der Waals surface area contributed by atoms with E-state index in [1.807, 2.05) is 6.07 Å². The van der Waals surface area contributed by atoms with Gasteiger partial charge in [0.05, 0.1) is 11.1 Å². The highest BCUT2D eigenvalue weighted by molar-refractivity contribution is 6.12. The average molecular weight is 830 g/mol. The van der Waals surface area contributed by atoms with Gasteiger partial charge in [-0.3, -0.25) is 0 Å². The Morgan fingerprint density at radius 1 is 0.369 bits per heavy atom. The molecule has 306 valence electrons. The molecule has 65 heavy (non-hydrogen) atoms. The Bertz CT molecular complexity index is 3580. The monoisotopic (exact) mass is 829 g/mol. The number of para-hydroxylation sites is 1. The largest absolute Gasteiger partial charge is 0.456 e. The van der Waals surface area contributed by atoms with Crippen LogP contribution in [-0.2, 0) is 10.8 Å². The first-order valence-corrected chi connectivity index (χ1v) is 22.6. The average Bonchev–Trinajstić information content (AvgIpc) is 4.00. The number of benzene rings is 10. The number of fused-ring (bicyclic) bond motifs is 9. The molecule has 0 spiro atoms. The molecule has 0 amide bonds. The van der Waals surface area contributed by atoms with E-state index in [-0.39, 0.29) is 5.41 Å². The summed E-state index contributed by atoms with van der Waals surface area (Å²) in [7, 11) is 0. The van der Waals surface area contributed by atoms with Crippen LogP contribution in [-0.4, -0.2) is 0 Å². The quantitative estimate of drug-likeness (QED) is 0.159. The lowest BCUT2D eigenvalue weighted by atomic mass is 9.67. The molecule has 1 unspecified atom stereocenters. The molecule has 13 rings (SSSR count). The van der Waals surface area contributed by atoms with Gasteiger partial charge in [-0.25, -0.2) is 0 Å². The molecule has 2 heteroatoms. The summed E-state index contributed by atoms with van der Waals surface area (Å²) >= 11 is 0. The second-order valence-corrected chi connectivity index (χ2v) is 17.7. The van der Waals surface area contributed by atoms with Crippen molar-refractivity contribution in [3.05, 3.63) is 282 Å². The first-order chi connectivity index (χ1) is 32.1. The van der Waals surface area contributed by atoms with Crippen LogP contribution in [0.2, 0.25) is 0 Å². The predicted octanol–water partition coefficient (Wildman–Crippen LogP) is 16.4. The van der Waals surface area contributed by atoms with Gasteiger partial charge in [0.2, 0.25) is 0 Å². The highest BCUT2D eigenvalue weighted by Gasteiger charge is 2.47. The molecule has 1 heterocycles. The van der Waals surface area contributed by atoms with Gasteiger partial charge < -0.3 is 9.32 Å². The SMILES string of the molecule is CC1(c2ccccc2)c2ccccc2-c2c(N(c3cccc(-c4cccc5oc6ccccc6c45)c3)c3ccc4c(c3)C(c3ccccc3)(c3ccccc3)c3ccccc3-4)cccc21. The van der Waals surface area contributed by atoms with Crippen molar-refractivity contribution in [3.63, 3.8) is 0 Å². The summed E-state index contributed by atoms with van der Waals surface area (Å²) in [5, 5.41) is 2.25. The predicted molar refractivity (Wildman–Crippen MR) is 269 cm³/mol. The maximum atomic E-state index is 6.42. The van der Waals surface area contributed by atoms with Crippen molar-refractivity contribution >= 4 is 39.0 Å². The molecule has 1 atom stereocenters. The van der Waals surface area contributed by atoms with E-state index in [9.17, 15) is 0 Å². The summed E-state index contributed by atoms with van der Waals surface area (Å²) < 4.78 is 6.42. The van der Waals surface area contributed by atoms with Crippen molar-refractivity contribution in [3.8, 4) is 33.4 Å². The van der Waals surface area contributed by atoms with Crippen molar-refractivity contribution < 1.29 is 4.42 Å². The fourth-order valence-electron chi connectivity index (χ4n) is 11.6. The lowest BCUT2D eigenvalue weighted by Gasteiger charge is -2.35. The van der Waals surface area contributed by atoms with E-state index >= 15 is 0 Å². The molecule has 0 saturated heterocycles. The minimum absolute atomic E-state index is 0.357. The van der Waals surface area contributed by atoms with E-state index in [2.05, 4.69) is 248 Å². The fourth-order valence-corrected chi connectivity index (χ4v) is 11.6. The van der Waals surface area contributed by atoms with E-state index in [0.717, 1.165) is 50.1 Å². The molecule has 2 aliphatic rings. The van der Waals surface area contributed by atoms with Crippen LogP contribution >= 0.6 is 0 Å². The van der Waals surface area contributed by atoms with Crippen molar-refractivity contribution in [1.82, 2.24) is 0 Å². The zero-order chi connectivity index (χ0) is 43.1. The maximum Gasteiger partial charge on any atom is 0.136 e. The van der Waals surface area contributed by atoms with Crippen molar-refractivity contribution in [2.75, 3.05) is 4.90 Å². The van der Waals surface area contributed by atoms with E-state index in [1.165, 1.54) is 61.2 Å². The van der Waals surface area contributed by atoms with Crippen LogP contribution in [0.25, 0.3) is 55.3 Å². The second-order valence-electron chi connectivity index (χ2n) is 17.7. The lowest BCUT2D eigenvalue weighted by molar-refractivity contribution is 0.669. The minimum Gasteiger partial charge on any atom is -0.456 e. The highest BCUT2D eigenvalue weighted by atomic mass is 16.3. The second kappa shape index (κ2) is 14.4. The first-order valence-electron chi connectivity index (χ1n) is 22.6. The minimum atomic E-state index is -0.549. The third-order valence-electron chi connectivity index (χ3n) is 14.4. The zero-order valence-electron chi connectivity index (χ0n) is 35.9. The lowest BCUT2D eigenvalue weighted by Crippen LogP contribution is -2.28. The Balaban J connectivity index is 1.10. The highest BCUT2D eigenvalue weighted by Crippen LogP contribution is 2.60. The summed E-state index contributed by atoms with van der Waals surface area (Å²) in [4.78, 5) is 2.52. The van der Waals surface area contributed by atoms with Gasteiger partial charge in [-0.1, -0.05) is 200 Å². The maximum absolute atomic E-state index is 6.42. The Morgan fingerprint density at radius 3 is 1.69 bits per heavy atom. The van der Waals surface area contributed by atoms with Crippen LogP contribution < -0.4 is 4.90 Å². The van der Waals surface area contributed by atoms with Crippen LogP contribution in [0.15, 0.2) is 247 Å². The van der Waals surface area contributed by atoms with Gasteiger partial charge in [-0.2, -0.15) is 0 Å². The molecule has 0 bridgehead atoms. The molecule has 10 aromatic carbocycles. The fraction of sp³-hybridized carbons (Fsp3) is 0.0476. The third-order valence-corrected chi connectivity index (χ3v) is 14.4. The van der Waals surface area contributed by atoms with E-state index in [1.54, 1.807) is 0 Å². The number of anilines is 3. The molecule has 0 fully saturated rings. The summed E-state index contributed by atoms with van der Waals surface area (Å²) in [6.07, 6.45) is 0. The molecule has 11 aromatic rings. The molecular weight excluding hydrogens is 787 g/mol. The Hall–Kier alpha value is -8.20. The van der Waals surface area contributed by atoms with Crippen LogP contribution in [0.1, 0.15) is 45.9 Å². The topological polar surface area (TPSA) is 16.4 Å². The van der Waals surface area contributed by atoms with Gasteiger partial charge in [0.1, 0.15) is 11.2 Å². The number of rotatable bonds is 7. The van der Waals surface area contributed by atoms with E-state index in [4.69, 9.17) is 4.42 Å². The number of hydrogen-bond acceptors (Lipinski definition) is 2. The van der Waals surface area contributed by atoms with Gasteiger partial charge in [0.25, 0.3) is 0 Å². The summed E-state index contributed by atoms with van der Waals surface area (Å²) in [6.45, 7) is 2.40. The van der Waals surface area contributed by atoms with Crippen LogP contribution in [0.5, 0.6) is 0 Å². The molecule has 2 aliphatic carbocycles. The Kier molecular flexibility index (Phi) is 8.29. The van der Waals surface area contributed by atoms with Gasteiger partial charge >= 0.3 is 0 Å². The number of hydrogen-bond donors (Lipinski definition) is 0. The van der Waals surface area contributed by atoms with Crippen LogP contribution in [0.4, 0.5) is 17.1 Å². The zero-order valence-corrected chi connectivity index (χ0v) is 35.9. The molecule has 0 radical (unpaired) electrons. The molecule has 1 aromatic heterocycles.